The Bertz CT molecular complexity index is 139. The van der Waals surface area contributed by atoms with Crippen molar-refractivity contribution in [3.63, 3.8) is 0 Å². The van der Waals surface area contributed by atoms with Crippen LogP contribution in [0.5, 0.6) is 0 Å². The van der Waals surface area contributed by atoms with Gasteiger partial charge in [0.1, 0.15) is 0 Å². The van der Waals surface area contributed by atoms with Crippen LogP contribution in [-0.2, 0) is 4.74 Å². The minimum Gasteiger partial charge on any atom is -0.378 e. The van der Waals surface area contributed by atoms with Gasteiger partial charge in [0, 0.05) is 11.0 Å². The molecule has 0 bridgehead atoms. The molecule has 0 spiro atoms. The molecule has 1 aliphatic rings. The van der Waals surface area contributed by atoms with Gasteiger partial charge in [-0.1, -0.05) is 36.4 Å². The predicted octanol–water partition coefficient (Wildman–Crippen LogP) is 4.04. The molecular formula is C12H23IO. The Morgan fingerprint density at radius 3 is 2.36 bits per heavy atom. The molecule has 14 heavy (non-hydrogen) atoms. The van der Waals surface area contributed by atoms with Crippen molar-refractivity contribution in [3.8, 4) is 0 Å². The first-order chi connectivity index (χ1) is 6.74. The molecule has 0 aliphatic heterocycles. The van der Waals surface area contributed by atoms with Gasteiger partial charge in [-0.25, -0.2) is 0 Å². The third-order valence-corrected chi connectivity index (χ3v) is 4.06. The fourth-order valence-electron chi connectivity index (χ4n) is 2.23. The van der Waals surface area contributed by atoms with E-state index in [1.807, 2.05) is 0 Å². The average Bonchev–Trinajstić information content (AvgIpc) is 2.19. The molecule has 0 saturated heterocycles. The molecule has 0 aromatic heterocycles. The summed E-state index contributed by atoms with van der Waals surface area (Å²) in [6.45, 7) is 5.67. The van der Waals surface area contributed by atoms with E-state index in [9.17, 15) is 0 Å². The Hall–Kier alpha value is 0.690. The number of hydrogen-bond donors (Lipinski definition) is 0. The molecule has 84 valence electrons. The lowest BCUT2D eigenvalue weighted by atomic mass is 9.80. The Labute approximate surface area is 102 Å². The first-order valence-electron chi connectivity index (χ1n) is 5.91. The van der Waals surface area contributed by atoms with Crippen molar-refractivity contribution in [2.45, 2.75) is 52.1 Å². The largest absolute Gasteiger partial charge is 0.378 e. The second kappa shape index (κ2) is 7.04. The van der Waals surface area contributed by atoms with Crippen LogP contribution in [0.25, 0.3) is 0 Å². The van der Waals surface area contributed by atoms with Crippen LogP contribution >= 0.6 is 22.6 Å². The topological polar surface area (TPSA) is 9.23 Å². The SMILES string of the molecule is CC(C)C1CCC(OCCCI)CC1. The van der Waals surface area contributed by atoms with Gasteiger partial charge in [0.15, 0.2) is 0 Å². The molecule has 0 unspecified atom stereocenters. The average molecular weight is 310 g/mol. The molecular weight excluding hydrogens is 287 g/mol. The van der Waals surface area contributed by atoms with Crippen LogP contribution < -0.4 is 0 Å². The Morgan fingerprint density at radius 1 is 1.21 bits per heavy atom. The zero-order valence-corrected chi connectivity index (χ0v) is 11.6. The summed E-state index contributed by atoms with van der Waals surface area (Å²) in [4.78, 5) is 0. The van der Waals surface area contributed by atoms with Crippen molar-refractivity contribution in [1.82, 2.24) is 0 Å². The Kier molecular flexibility index (Phi) is 6.42. The first-order valence-corrected chi connectivity index (χ1v) is 7.44. The minimum atomic E-state index is 0.577. The lowest BCUT2D eigenvalue weighted by Crippen LogP contribution is -2.24. The minimum absolute atomic E-state index is 0.577. The van der Waals surface area contributed by atoms with Crippen molar-refractivity contribution < 1.29 is 4.74 Å². The van der Waals surface area contributed by atoms with Gasteiger partial charge < -0.3 is 4.74 Å². The Morgan fingerprint density at radius 2 is 1.86 bits per heavy atom. The number of ether oxygens (including phenoxy) is 1. The lowest BCUT2D eigenvalue weighted by molar-refractivity contribution is 0.0140. The number of rotatable bonds is 5. The number of alkyl halides is 1. The van der Waals surface area contributed by atoms with Crippen molar-refractivity contribution in [2.24, 2.45) is 11.8 Å². The third kappa shape index (κ3) is 4.47. The van der Waals surface area contributed by atoms with E-state index >= 15 is 0 Å². The molecule has 0 N–H and O–H groups in total. The summed E-state index contributed by atoms with van der Waals surface area (Å²) >= 11 is 2.41. The third-order valence-electron chi connectivity index (χ3n) is 3.29. The van der Waals surface area contributed by atoms with Crippen LogP contribution in [0.15, 0.2) is 0 Å². The fraction of sp³-hybridized carbons (Fsp3) is 1.00. The number of halogens is 1. The quantitative estimate of drug-likeness (QED) is 0.423. The van der Waals surface area contributed by atoms with E-state index in [2.05, 4.69) is 36.4 Å². The van der Waals surface area contributed by atoms with Crippen LogP contribution in [0.1, 0.15) is 46.0 Å². The Balaban J connectivity index is 2.09. The van der Waals surface area contributed by atoms with Gasteiger partial charge in [-0.05, 0) is 43.9 Å². The van der Waals surface area contributed by atoms with Crippen LogP contribution in [0.4, 0.5) is 0 Å². The van der Waals surface area contributed by atoms with E-state index < -0.39 is 0 Å². The van der Waals surface area contributed by atoms with Crippen molar-refractivity contribution in [2.75, 3.05) is 11.0 Å². The molecule has 2 heteroatoms. The van der Waals surface area contributed by atoms with Gasteiger partial charge in [-0.15, -0.1) is 0 Å². The monoisotopic (exact) mass is 310 g/mol. The van der Waals surface area contributed by atoms with Crippen molar-refractivity contribution in [1.29, 1.82) is 0 Å². The van der Waals surface area contributed by atoms with Crippen molar-refractivity contribution in [3.05, 3.63) is 0 Å². The first kappa shape index (κ1) is 12.8. The summed E-state index contributed by atoms with van der Waals surface area (Å²) in [7, 11) is 0. The summed E-state index contributed by atoms with van der Waals surface area (Å²) in [5.74, 6) is 1.82. The number of hydrogen-bond acceptors (Lipinski definition) is 1. The van der Waals surface area contributed by atoms with E-state index in [0.29, 0.717) is 6.10 Å². The lowest BCUT2D eigenvalue weighted by Gasteiger charge is -2.30. The standard InChI is InChI=1S/C12H23IO/c1-10(2)11-4-6-12(7-5-11)14-9-3-8-13/h10-12H,3-9H2,1-2H3. The predicted molar refractivity (Wildman–Crippen MR) is 70.0 cm³/mol. The van der Waals surface area contributed by atoms with E-state index in [0.717, 1.165) is 18.4 Å². The highest BCUT2D eigenvalue weighted by atomic mass is 127. The molecule has 1 aliphatic carbocycles. The van der Waals surface area contributed by atoms with E-state index in [-0.39, 0.29) is 0 Å². The maximum atomic E-state index is 5.85. The molecule has 1 saturated carbocycles. The van der Waals surface area contributed by atoms with Crippen molar-refractivity contribution >= 4 is 22.6 Å². The summed E-state index contributed by atoms with van der Waals surface area (Å²) in [5.41, 5.74) is 0. The highest BCUT2D eigenvalue weighted by Crippen LogP contribution is 2.31. The maximum absolute atomic E-state index is 5.85. The van der Waals surface area contributed by atoms with Crippen LogP contribution in [0, 0.1) is 11.8 Å². The van der Waals surface area contributed by atoms with Gasteiger partial charge in [0.2, 0.25) is 0 Å². The van der Waals surface area contributed by atoms with E-state index in [4.69, 9.17) is 4.74 Å². The second-order valence-corrected chi connectivity index (χ2v) is 5.77. The highest BCUT2D eigenvalue weighted by Gasteiger charge is 2.23. The molecule has 1 fully saturated rings. The van der Waals surface area contributed by atoms with Gasteiger partial charge in [-0.3, -0.25) is 0 Å². The molecule has 0 radical (unpaired) electrons. The molecule has 0 aromatic rings. The molecule has 0 aromatic carbocycles. The summed E-state index contributed by atoms with van der Waals surface area (Å²) in [6, 6.07) is 0. The van der Waals surface area contributed by atoms with Gasteiger partial charge >= 0.3 is 0 Å². The molecule has 1 nitrogen and oxygen atoms in total. The van der Waals surface area contributed by atoms with Crippen LogP contribution in [0.3, 0.4) is 0 Å². The normalized spacial score (nSPS) is 28.3. The molecule has 0 atom stereocenters. The van der Waals surface area contributed by atoms with E-state index in [1.54, 1.807) is 0 Å². The summed E-state index contributed by atoms with van der Waals surface area (Å²) < 4.78 is 7.07. The zero-order chi connectivity index (χ0) is 10.4. The van der Waals surface area contributed by atoms with Gasteiger partial charge in [0.05, 0.1) is 6.10 Å². The highest BCUT2D eigenvalue weighted by molar-refractivity contribution is 14.1. The van der Waals surface area contributed by atoms with Crippen LogP contribution in [0.2, 0.25) is 0 Å². The summed E-state index contributed by atoms with van der Waals surface area (Å²) in [5, 5.41) is 0. The molecule has 0 amide bonds. The fourth-order valence-corrected chi connectivity index (χ4v) is 2.54. The van der Waals surface area contributed by atoms with E-state index in [1.165, 1.54) is 36.5 Å². The zero-order valence-electron chi connectivity index (χ0n) is 9.47. The van der Waals surface area contributed by atoms with Gasteiger partial charge in [-0.2, -0.15) is 0 Å². The van der Waals surface area contributed by atoms with Crippen LogP contribution in [-0.4, -0.2) is 17.1 Å². The second-order valence-electron chi connectivity index (χ2n) is 4.69. The smallest absolute Gasteiger partial charge is 0.0575 e. The molecule has 0 heterocycles. The summed E-state index contributed by atoms with van der Waals surface area (Å²) in [6.07, 6.45) is 7.14. The maximum Gasteiger partial charge on any atom is 0.0575 e. The van der Waals surface area contributed by atoms with Gasteiger partial charge in [0.25, 0.3) is 0 Å². The molecule has 1 rings (SSSR count).